The summed E-state index contributed by atoms with van der Waals surface area (Å²) in [5, 5.41) is 0. The maximum atomic E-state index is 5.43. The van der Waals surface area contributed by atoms with Gasteiger partial charge in [0.15, 0.2) is 0 Å². The summed E-state index contributed by atoms with van der Waals surface area (Å²) in [6, 6.07) is 0. The summed E-state index contributed by atoms with van der Waals surface area (Å²) < 4.78 is 4.74. The molecule has 0 aromatic heterocycles. The van der Waals surface area contributed by atoms with Gasteiger partial charge in [0.1, 0.15) is 0 Å². The minimum Gasteiger partial charge on any atom is -0.505 e. The fraction of sp³-hybridized carbons (Fsp3) is 0.667. The van der Waals surface area contributed by atoms with Crippen molar-refractivity contribution in [2.75, 3.05) is 7.11 Å². The van der Waals surface area contributed by atoms with E-state index in [0.29, 0.717) is 0 Å². The van der Waals surface area contributed by atoms with Crippen molar-refractivity contribution in [3.05, 3.63) is 12.3 Å². The van der Waals surface area contributed by atoms with Crippen molar-refractivity contribution in [1.82, 2.24) is 4.84 Å². The molecule has 1 aliphatic carbocycles. The van der Waals surface area contributed by atoms with Crippen molar-refractivity contribution >= 4 is 11.8 Å². The zero-order chi connectivity index (χ0) is 6.74. The Hall–Kier alpha value is -0.210. The van der Waals surface area contributed by atoms with Gasteiger partial charge in [-0.2, -0.15) is 0 Å². The lowest BCUT2D eigenvalue weighted by Gasteiger charge is -2.02. The van der Waals surface area contributed by atoms with Crippen molar-refractivity contribution in [2.45, 2.75) is 18.4 Å². The molecule has 0 aliphatic heterocycles. The second kappa shape index (κ2) is 2.58. The molecule has 1 aliphatic rings. The van der Waals surface area contributed by atoms with E-state index in [0.717, 1.165) is 12.8 Å². The molecular formula is C6H10ClNO. The van der Waals surface area contributed by atoms with Crippen molar-refractivity contribution < 1.29 is 4.74 Å². The van der Waals surface area contributed by atoms with E-state index in [9.17, 15) is 0 Å². The highest BCUT2D eigenvalue weighted by atomic mass is 35.5. The molecule has 0 aromatic rings. The topological polar surface area (TPSA) is 21.3 Å². The van der Waals surface area contributed by atoms with E-state index in [2.05, 4.69) is 4.84 Å². The minimum atomic E-state index is 0.0531. The number of hydrogen-bond donors (Lipinski definition) is 1. The van der Waals surface area contributed by atoms with Crippen LogP contribution >= 0.6 is 11.8 Å². The average Bonchev–Trinajstić information content (AvgIpc) is 2.65. The fourth-order valence-corrected chi connectivity index (χ4v) is 0.878. The number of nitrogens with one attached hydrogen (secondary N) is 1. The Morgan fingerprint density at radius 1 is 1.67 bits per heavy atom. The minimum absolute atomic E-state index is 0.0531. The van der Waals surface area contributed by atoms with E-state index in [1.807, 2.05) is 6.08 Å². The molecule has 3 heteroatoms. The van der Waals surface area contributed by atoms with Crippen LogP contribution < -0.4 is 4.84 Å². The van der Waals surface area contributed by atoms with E-state index in [-0.39, 0.29) is 5.54 Å². The van der Waals surface area contributed by atoms with Crippen LogP contribution in [0.15, 0.2) is 12.3 Å². The highest BCUT2D eigenvalue weighted by Crippen LogP contribution is 2.37. The maximum Gasteiger partial charge on any atom is 0.0803 e. The van der Waals surface area contributed by atoms with E-state index in [4.69, 9.17) is 16.5 Å². The van der Waals surface area contributed by atoms with Crippen molar-refractivity contribution in [3.63, 3.8) is 0 Å². The Morgan fingerprint density at radius 2 is 2.33 bits per heavy atom. The van der Waals surface area contributed by atoms with Gasteiger partial charge in [-0.15, -0.1) is 0 Å². The zero-order valence-electron chi connectivity index (χ0n) is 5.36. The predicted octanol–water partition coefficient (Wildman–Crippen LogP) is 1.42. The molecule has 52 valence electrons. The molecule has 9 heavy (non-hydrogen) atoms. The lowest BCUT2D eigenvalue weighted by atomic mass is 10.3. The predicted molar refractivity (Wildman–Crippen MR) is 37.1 cm³/mol. The van der Waals surface area contributed by atoms with Crippen molar-refractivity contribution in [3.8, 4) is 0 Å². The van der Waals surface area contributed by atoms with Crippen LogP contribution in [0, 0.1) is 0 Å². The summed E-state index contributed by atoms with van der Waals surface area (Å²) in [6.07, 6.45) is 5.81. The van der Waals surface area contributed by atoms with Crippen LogP contribution in [-0.2, 0) is 4.74 Å². The van der Waals surface area contributed by atoms with Crippen LogP contribution in [0.2, 0.25) is 0 Å². The van der Waals surface area contributed by atoms with Gasteiger partial charge in [0.2, 0.25) is 0 Å². The average molecular weight is 148 g/mol. The van der Waals surface area contributed by atoms with Crippen LogP contribution in [0.5, 0.6) is 0 Å². The molecule has 0 unspecified atom stereocenters. The Kier molecular flexibility index (Phi) is 1.98. The molecule has 2 nitrogen and oxygen atoms in total. The summed E-state index contributed by atoms with van der Waals surface area (Å²) in [6.45, 7) is 0. The molecule has 0 saturated heterocycles. The van der Waals surface area contributed by atoms with Crippen LogP contribution in [0.3, 0.4) is 0 Å². The van der Waals surface area contributed by atoms with Crippen LogP contribution in [0.4, 0.5) is 0 Å². The number of halogens is 1. The van der Waals surface area contributed by atoms with Gasteiger partial charge in [0, 0.05) is 0 Å². The standard InChI is InChI=1S/C6H10ClNO/c1-9-5-4-6(8-7)2-3-6/h4-5,8H,2-3H2,1H3/b5-4+. The van der Waals surface area contributed by atoms with Gasteiger partial charge in [-0.25, -0.2) is 4.84 Å². The Balaban J connectivity index is 2.33. The lowest BCUT2D eigenvalue weighted by molar-refractivity contribution is 0.334. The molecule has 1 fully saturated rings. The molecule has 1 N–H and O–H groups in total. The zero-order valence-corrected chi connectivity index (χ0v) is 6.11. The Morgan fingerprint density at radius 3 is 2.67 bits per heavy atom. The van der Waals surface area contributed by atoms with Crippen molar-refractivity contribution in [2.24, 2.45) is 0 Å². The van der Waals surface area contributed by atoms with Gasteiger partial charge >= 0.3 is 0 Å². The van der Waals surface area contributed by atoms with E-state index < -0.39 is 0 Å². The molecule has 0 atom stereocenters. The number of ether oxygens (including phenoxy) is 1. The smallest absolute Gasteiger partial charge is 0.0803 e. The third-order valence-corrected chi connectivity index (χ3v) is 1.88. The largest absolute Gasteiger partial charge is 0.505 e. The second-order valence-electron chi connectivity index (χ2n) is 2.29. The fourth-order valence-electron chi connectivity index (χ4n) is 0.626. The van der Waals surface area contributed by atoms with Crippen molar-refractivity contribution in [1.29, 1.82) is 0 Å². The highest BCUT2D eigenvalue weighted by molar-refractivity contribution is 6.14. The molecule has 1 saturated carbocycles. The SMILES string of the molecule is CO/C=C/C1(NCl)CC1. The van der Waals surface area contributed by atoms with E-state index in [1.165, 1.54) is 0 Å². The molecule has 0 amide bonds. The third kappa shape index (κ3) is 1.60. The van der Waals surface area contributed by atoms with Gasteiger partial charge in [0.05, 0.1) is 18.9 Å². The number of methoxy groups -OCH3 is 1. The molecule has 1 rings (SSSR count). The quantitative estimate of drug-likeness (QED) is 0.482. The van der Waals surface area contributed by atoms with Crippen LogP contribution in [0.1, 0.15) is 12.8 Å². The normalized spacial score (nSPS) is 22.4. The molecule has 0 heterocycles. The second-order valence-corrected chi connectivity index (χ2v) is 2.48. The summed E-state index contributed by atoms with van der Waals surface area (Å²) >= 11 is 5.43. The van der Waals surface area contributed by atoms with Gasteiger partial charge < -0.3 is 4.74 Å². The van der Waals surface area contributed by atoms with Crippen LogP contribution in [-0.4, -0.2) is 12.6 Å². The maximum absolute atomic E-state index is 5.43. The summed E-state index contributed by atoms with van der Waals surface area (Å²) in [4.78, 5) is 2.69. The summed E-state index contributed by atoms with van der Waals surface area (Å²) in [7, 11) is 1.63. The first-order valence-electron chi connectivity index (χ1n) is 2.91. The van der Waals surface area contributed by atoms with E-state index >= 15 is 0 Å². The Bertz CT molecular complexity index is 120. The van der Waals surface area contributed by atoms with Gasteiger partial charge in [0.25, 0.3) is 0 Å². The first kappa shape index (κ1) is 6.90. The lowest BCUT2D eigenvalue weighted by Crippen LogP contribution is -2.18. The van der Waals surface area contributed by atoms with Gasteiger partial charge in [-0.05, 0) is 30.7 Å². The first-order chi connectivity index (χ1) is 4.33. The number of rotatable bonds is 3. The molecule has 0 radical (unpaired) electrons. The first-order valence-corrected chi connectivity index (χ1v) is 3.29. The monoisotopic (exact) mass is 147 g/mol. The van der Waals surface area contributed by atoms with Crippen LogP contribution in [0.25, 0.3) is 0 Å². The molecule has 0 bridgehead atoms. The molecule has 0 spiro atoms. The van der Waals surface area contributed by atoms with Gasteiger partial charge in [-0.3, -0.25) is 0 Å². The molecular weight excluding hydrogens is 138 g/mol. The van der Waals surface area contributed by atoms with E-state index in [1.54, 1.807) is 13.4 Å². The Labute approximate surface area is 59.9 Å². The number of hydrogen-bond acceptors (Lipinski definition) is 2. The molecule has 0 aromatic carbocycles. The third-order valence-electron chi connectivity index (χ3n) is 1.50. The highest BCUT2D eigenvalue weighted by Gasteiger charge is 2.39. The van der Waals surface area contributed by atoms with Gasteiger partial charge in [-0.1, -0.05) is 0 Å². The summed E-state index contributed by atoms with van der Waals surface area (Å²) in [5.74, 6) is 0. The summed E-state index contributed by atoms with van der Waals surface area (Å²) in [5.41, 5.74) is 0.0531.